The van der Waals surface area contributed by atoms with E-state index in [0.29, 0.717) is 89.9 Å². The summed E-state index contributed by atoms with van der Waals surface area (Å²) in [6.45, 7) is 11.0. The molecule has 0 aromatic carbocycles. The van der Waals surface area contributed by atoms with Crippen molar-refractivity contribution in [3.63, 3.8) is 0 Å². The zero-order chi connectivity index (χ0) is 44.1. The Hall–Kier alpha value is -2.16. The van der Waals surface area contributed by atoms with Crippen LogP contribution in [0.25, 0.3) is 0 Å². The van der Waals surface area contributed by atoms with Crippen LogP contribution >= 0.6 is 0 Å². The van der Waals surface area contributed by atoms with Crippen LogP contribution in [0.5, 0.6) is 0 Å². The summed E-state index contributed by atoms with van der Waals surface area (Å²) in [5.74, 6) is 0.0456. The van der Waals surface area contributed by atoms with Crippen molar-refractivity contribution in [2.45, 2.75) is 258 Å². The maximum atomic E-state index is 13.8. The maximum absolute atomic E-state index is 13.8. The van der Waals surface area contributed by atoms with E-state index in [-0.39, 0.29) is 29.9 Å². The molecule has 60 heavy (non-hydrogen) atoms. The highest BCUT2D eigenvalue weighted by atomic mass is 16.5. The molecule has 2 unspecified atom stereocenters. The van der Waals surface area contributed by atoms with Crippen LogP contribution in [0, 0.1) is 5.92 Å². The van der Waals surface area contributed by atoms with Gasteiger partial charge in [0.25, 0.3) is 0 Å². The Bertz CT molecular complexity index is 1080. The summed E-state index contributed by atoms with van der Waals surface area (Å²) in [6.07, 6.45) is 35.3. The molecule has 9 nitrogen and oxygen atoms in total. The molecule has 1 saturated carbocycles. The number of amides is 2. The number of rotatable bonds is 42. The average Bonchev–Trinajstić information content (AvgIpc) is 3.21. The van der Waals surface area contributed by atoms with E-state index >= 15 is 0 Å². The van der Waals surface area contributed by atoms with Crippen molar-refractivity contribution in [3.05, 3.63) is 0 Å². The first-order valence-electron chi connectivity index (χ1n) is 25.7. The van der Waals surface area contributed by atoms with Crippen molar-refractivity contribution in [1.29, 1.82) is 0 Å². The second-order valence-corrected chi connectivity index (χ2v) is 18.6. The van der Waals surface area contributed by atoms with Crippen molar-refractivity contribution in [3.8, 4) is 0 Å². The molecule has 0 saturated heterocycles. The van der Waals surface area contributed by atoms with E-state index in [2.05, 4.69) is 33.0 Å². The van der Waals surface area contributed by atoms with Gasteiger partial charge >= 0.3 is 11.9 Å². The van der Waals surface area contributed by atoms with Crippen molar-refractivity contribution in [2.24, 2.45) is 5.92 Å². The number of esters is 2. The zero-order valence-electron chi connectivity index (χ0n) is 40.4. The molecule has 0 aliphatic heterocycles. The molecule has 9 heteroatoms. The maximum Gasteiger partial charge on any atom is 0.306 e. The summed E-state index contributed by atoms with van der Waals surface area (Å²) >= 11 is 0. The predicted octanol–water partition coefficient (Wildman–Crippen LogP) is 12.7. The molecule has 1 N–H and O–H groups in total. The third-order valence-corrected chi connectivity index (χ3v) is 12.9. The van der Waals surface area contributed by atoms with Gasteiger partial charge in [0.1, 0.15) is 11.6 Å². The molecule has 0 spiro atoms. The monoisotopic (exact) mass is 848 g/mol. The van der Waals surface area contributed by atoms with E-state index in [1.807, 2.05) is 23.9 Å². The van der Waals surface area contributed by atoms with Crippen LogP contribution < -0.4 is 5.32 Å². The molecular formula is C51H97N3O6. The Morgan fingerprint density at radius 1 is 0.567 bits per heavy atom. The summed E-state index contributed by atoms with van der Waals surface area (Å²) < 4.78 is 11.6. The average molecular weight is 848 g/mol. The third-order valence-electron chi connectivity index (χ3n) is 12.9. The first-order chi connectivity index (χ1) is 29.1. The highest BCUT2D eigenvalue weighted by molar-refractivity contribution is 5.92. The van der Waals surface area contributed by atoms with Gasteiger partial charge in [0.05, 0.1) is 6.61 Å². The minimum atomic E-state index is -0.824. The summed E-state index contributed by atoms with van der Waals surface area (Å²) in [7, 11) is 3.96. The molecule has 0 aromatic heterocycles. The van der Waals surface area contributed by atoms with Gasteiger partial charge in [0, 0.05) is 38.9 Å². The highest BCUT2D eigenvalue weighted by Crippen LogP contribution is 2.39. The second-order valence-electron chi connectivity index (χ2n) is 18.6. The minimum absolute atomic E-state index is 0.0190. The van der Waals surface area contributed by atoms with E-state index in [0.717, 1.165) is 38.5 Å². The number of ether oxygens (including phenoxy) is 2. The summed E-state index contributed by atoms with van der Waals surface area (Å²) in [6, 6.07) is 0. The van der Waals surface area contributed by atoms with Gasteiger partial charge in [0.15, 0.2) is 0 Å². The Morgan fingerprint density at radius 2 is 1.05 bits per heavy atom. The number of hydrogen-bond donors (Lipinski definition) is 1. The molecule has 2 amide bonds. The fraction of sp³-hybridized carbons (Fsp3) is 0.922. The number of nitrogens with one attached hydrogen (secondary N) is 1. The van der Waals surface area contributed by atoms with E-state index < -0.39 is 5.54 Å². The lowest BCUT2D eigenvalue weighted by Crippen LogP contribution is -2.65. The zero-order valence-corrected chi connectivity index (χ0v) is 40.4. The van der Waals surface area contributed by atoms with Gasteiger partial charge in [0.2, 0.25) is 11.8 Å². The molecule has 352 valence electrons. The first-order valence-corrected chi connectivity index (χ1v) is 25.7. The van der Waals surface area contributed by atoms with E-state index in [1.165, 1.54) is 122 Å². The van der Waals surface area contributed by atoms with E-state index in [4.69, 9.17) is 9.47 Å². The summed E-state index contributed by atoms with van der Waals surface area (Å²) in [4.78, 5) is 56.8. The second kappa shape index (κ2) is 37.4. The van der Waals surface area contributed by atoms with E-state index in [9.17, 15) is 19.2 Å². The van der Waals surface area contributed by atoms with Crippen molar-refractivity contribution in [2.75, 3.05) is 40.3 Å². The van der Waals surface area contributed by atoms with Crippen LogP contribution in [0.2, 0.25) is 0 Å². The number of hydrogen-bond acceptors (Lipinski definition) is 7. The van der Waals surface area contributed by atoms with Crippen molar-refractivity contribution in [1.82, 2.24) is 15.1 Å². The van der Waals surface area contributed by atoms with Gasteiger partial charge in [-0.15, -0.1) is 0 Å². The number of nitrogens with zero attached hydrogens (tertiary/aromatic N) is 2. The lowest BCUT2D eigenvalue weighted by Gasteiger charge is -2.49. The van der Waals surface area contributed by atoms with Gasteiger partial charge in [-0.05, 0) is 97.1 Å². The molecule has 0 radical (unpaired) electrons. The van der Waals surface area contributed by atoms with Gasteiger partial charge in [-0.2, -0.15) is 0 Å². The van der Waals surface area contributed by atoms with Gasteiger partial charge in [-0.25, -0.2) is 0 Å². The molecule has 1 fully saturated rings. The van der Waals surface area contributed by atoms with Gasteiger partial charge in [-0.1, -0.05) is 150 Å². The lowest BCUT2D eigenvalue weighted by molar-refractivity contribution is -0.154. The fourth-order valence-corrected chi connectivity index (χ4v) is 8.57. The first kappa shape index (κ1) is 55.9. The minimum Gasteiger partial charge on any atom is -0.465 e. The quantitative estimate of drug-likeness (QED) is 0.0482. The largest absolute Gasteiger partial charge is 0.465 e. The van der Waals surface area contributed by atoms with Crippen LogP contribution in [0.4, 0.5) is 0 Å². The molecule has 0 aromatic rings. The van der Waals surface area contributed by atoms with Gasteiger partial charge < -0.3 is 24.6 Å². The smallest absolute Gasteiger partial charge is 0.306 e. The van der Waals surface area contributed by atoms with Gasteiger partial charge in [-0.3, -0.25) is 19.2 Å². The molecule has 2 atom stereocenters. The van der Waals surface area contributed by atoms with E-state index in [1.54, 1.807) is 0 Å². The molecular weight excluding hydrogens is 751 g/mol. The predicted molar refractivity (Wildman–Crippen MR) is 250 cm³/mol. The van der Waals surface area contributed by atoms with Crippen molar-refractivity contribution < 1.29 is 28.7 Å². The number of likely N-dealkylation sites (N-methyl/N-ethyl adjacent to an activating group) is 1. The fourth-order valence-electron chi connectivity index (χ4n) is 8.57. The Labute approximate surface area is 370 Å². The highest BCUT2D eigenvalue weighted by Gasteiger charge is 2.50. The number of carbonyl (C=O) groups is 4. The standard InChI is InChI=1S/C51H97N3O6/c1-7-11-14-17-20-21-23-26-34-45(33-25-22-18-15-12-8-2)44-59-48(56)37-30-31-41-52-50(58)51(39-32-40-51)54(43-42-53(5)6)47(55)36-28-29-38-49(57)60-46(10-4)35-27-24-19-16-13-9-3/h45-46H,7-44H2,1-6H3,(H,52,58). The number of carbonyl (C=O) groups excluding carboxylic acids is 4. The molecule has 0 heterocycles. The SMILES string of the molecule is CCCCCCCCCCC(CCCCCCCC)COC(=O)CCCCNC(=O)C1(N(CCN(C)C)C(=O)CCCCC(=O)OC(CC)CCCCCCCC)CCC1. The normalized spacial score (nSPS) is 14.4. The Balaban J connectivity index is 2.53. The van der Waals surface area contributed by atoms with Crippen molar-refractivity contribution >= 4 is 23.8 Å². The van der Waals surface area contributed by atoms with Crippen LogP contribution in [-0.2, 0) is 28.7 Å². The lowest BCUT2D eigenvalue weighted by atomic mass is 9.74. The third kappa shape index (κ3) is 27.0. The van der Waals surface area contributed by atoms with Crippen LogP contribution in [0.3, 0.4) is 0 Å². The van der Waals surface area contributed by atoms with Crippen LogP contribution in [0.15, 0.2) is 0 Å². The molecule has 0 bridgehead atoms. The topological polar surface area (TPSA) is 105 Å². The molecule has 1 aliphatic carbocycles. The summed E-state index contributed by atoms with van der Waals surface area (Å²) in [5.41, 5.74) is -0.824. The Morgan fingerprint density at radius 3 is 1.55 bits per heavy atom. The molecule has 1 rings (SSSR count). The Kier molecular flexibility index (Phi) is 34.8. The summed E-state index contributed by atoms with van der Waals surface area (Å²) in [5, 5.41) is 3.13. The van der Waals surface area contributed by atoms with Crippen LogP contribution in [0.1, 0.15) is 246 Å². The molecule has 1 aliphatic rings. The van der Waals surface area contributed by atoms with Crippen LogP contribution in [-0.4, -0.2) is 85.5 Å². The number of unbranched alkanes of at least 4 members (excludes halogenated alkanes) is 19.